The number of amides is 1. The van der Waals surface area contributed by atoms with Gasteiger partial charge in [0, 0.05) is 23.7 Å². The number of fused-ring (bicyclic) bond motifs is 1. The Labute approximate surface area is 135 Å². The molecular formula is C17H22N2O4. The van der Waals surface area contributed by atoms with Gasteiger partial charge in [-0.1, -0.05) is 12.8 Å². The smallest absolute Gasteiger partial charge is 0.311 e. The van der Waals surface area contributed by atoms with Crippen molar-refractivity contribution < 1.29 is 14.5 Å². The molecule has 1 aromatic carbocycles. The van der Waals surface area contributed by atoms with E-state index in [9.17, 15) is 14.9 Å². The fourth-order valence-electron chi connectivity index (χ4n) is 4.17. The van der Waals surface area contributed by atoms with E-state index in [2.05, 4.69) is 6.92 Å². The second-order valence-corrected chi connectivity index (χ2v) is 6.55. The Balaban J connectivity index is 1.90. The second kappa shape index (κ2) is 6.18. The van der Waals surface area contributed by atoms with Gasteiger partial charge in [-0.2, -0.15) is 0 Å². The highest BCUT2D eigenvalue weighted by molar-refractivity contribution is 5.95. The molecule has 1 saturated carbocycles. The topological polar surface area (TPSA) is 72.7 Å². The van der Waals surface area contributed by atoms with E-state index in [-0.39, 0.29) is 29.4 Å². The van der Waals surface area contributed by atoms with Crippen LogP contribution < -0.4 is 4.74 Å². The Morgan fingerprint density at radius 2 is 2.09 bits per heavy atom. The number of hydrogen-bond donors (Lipinski definition) is 0. The third-order valence-corrected chi connectivity index (χ3v) is 5.20. The van der Waals surface area contributed by atoms with Gasteiger partial charge in [0.05, 0.1) is 12.0 Å². The van der Waals surface area contributed by atoms with Gasteiger partial charge in [-0.3, -0.25) is 14.9 Å². The van der Waals surface area contributed by atoms with E-state index in [0.717, 1.165) is 19.3 Å². The third kappa shape index (κ3) is 2.78. The lowest BCUT2D eigenvalue weighted by molar-refractivity contribution is -0.385. The van der Waals surface area contributed by atoms with E-state index in [1.807, 2.05) is 4.90 Å². The summed E-state index contributed by atoms with van der Waals surface area (Å²) >= 11 is 0. The van der Waals surface area contributed by atoms with Crippen LogP contribution >= 0.6 is 0 Å². The lowest BCUT2D eigenvalue weighted by Crippen LogP contribution is -2.42. The first-order valence-corrected chi connectivity index (χ1v) is 8.18. The number of nitrogens with zero attached hydrogens (tertiary/aromatic N) is 2. The van der Waals surface area contributed by atoms with Crippen LogP contribution in [0.15, 0.2) is 18.2 Å². The van der Waals surface area contributed by atoms with Crippen LogP contribution in [0.1, 0.15) is 49.4 Å². The van der Waals surface area contributed by atoms with Gasteiger partial charge >= 0.3 is 5.69 Å². The van der Waals surface area contributed by atoms with Crippen molar-refractivity contribution in [3.63, 3.8) is 0 Å². The first-order valence-electron chi connectivity index (χ1n) is 8.18. The van der Waals surface area contributed by atoms with Gasteiger partial charge in [-0.05, 0) is 44.2 Å². The molecule has 3 atom stereocenters. The average molecular weight is 318 g/mol. The zero-order valence-corrected chi connectivity index (χ0v) is 13.5. The Kier molecular flexibility index (Phi) is 4.24. The maximum Gasteiger partial charge on any atom is 0.311 e. The predicted molar refractivity (Wildman–Crippen MR) is 85.6 cm³/mol. The molecule has 0 spiro atoms. The first kappa shape index (κ1) is 15.8. The molecule has 1 amide bonds. The number of benzene rings is 1. The van der Waals surface area contributed by atoms with Gasteiger partial charge in [0.1, 0.15) is 0 Å². The van der Waals surface area contributed by atoms with Gasteiger partial charge in [-0.25, -0.2) is 0 Å². The third-order valence-electron chi connectivity index (χ3n) is 5.20. The summed E-state index contributed by atoms with van der Waals surface area (Å²) in [5, 5.41) is 11.2. The number of methoxy groups -OCH3 is 1. The van der Waals surface area contributed by atoms with Crippen LogP contribution in [-0.4, -0.2) is 34.9 Å². The summed E-state index contributed by atoms with van der Waals surface area (Å²) in [4.78, 5) is 25.6. The molecule has 0 bridgehead atoms. The molecule has 3 rings (SSSR count). The fraction of sp³-hybridized carbons (Fsp3) is 0.588. The number of carbonyl (C=O) groups excluding carboxylic acids is 1. The average Bonchev–Trinajstić information content (AvgIpc) is 2.89. The quantitative estimate of drug-likeness (QED) is 0.632. The van der Waals surface area contributed by atoms with E-state index in [1.165, 1.54) is 32.1 Å². The van der Waals surface area contributed by atoms with Crippen LogP contribution in [0.3, 0.4) is 0 Å². The summed E-state index contributed by atoms with van der Waals surface area (Å²) in [6, 6.07) is 4.94. The number of hydrogen-bond acceptors (Lipinski definition) is 4. The zero-order chi connectivity index (χ0) is 16.6. The summed E-state index contributed by atoms with van der Waals surface area (Å²) in [7, 11) is 1.39. The van der Waals surface area contributed by atoms with Crippen molar-refractivity contribution >= 4 is 11.6 Å². The summed E-state index contributed by atoms with van der Waals surface area (Å²) in [6.45, 7) is 2.08. The highest BCUT2D eigenvalue weighted by Crippen LogP contribution is 2.40. The van der Waals surface area contributed by atoms with Gasteiger partial charge in [0.15, 0.2) is 5.75 Å². The van der Waals surface area contributed by atoms with Gasteiger partial charge in [0.2, 0.25) is 0 Å². The maximum atomic E-state index is 12.9. The van der Waals surface area contributed by atoms with Crippen molar-refractivity contribution in [2.45, 2.75) is 51.1 Å². The molecule has 3 unspecified atom stereocenters. The van der Waals surface area contributed by atoms with E-state index in [4.69, 9.17) is 4.74 Å². The monoisotopic (exact) mass is 318 g/mol. The lowest BCUT2D eigenvalue weighted by Gasteiger charge is -2.33. The van der Waals surface area contributed by atoms with Crippen molar-refractivity contribution in [2.24, 2.45) is 5.92 Å². The van der Waals surface area contributed by atoms with Gasteiger partial charge in [0.25, 0.3) is 5.91 Å². The predicted octanol–water partition coefficient (Wildman–Crippen LogP) is 3.40. The van der Waals surface area contributed by atoms with Crippen LogP contribution in [0.25, 0.3) is 0 Å². The van der Waals surface area contributed by atoms with Gasteiger partial charge < -0.3 is 9.64 Å². The number of ether oxygens (including phenoxy) is 1. The minimum absolute atomic E-state index is 0.0994. The molecule has 0 N–H and O–H groups in total. The highest BCUT2D eigenvalue weighted by atomic mass is 16.6. The molecule has 2 fully saturated rings. The molecule has 6 heteroatoms. The highest BCUT2D eigenvalue weighted by Gasteiger charge is 2.42. The summed E-state index contributed by atoms with van der Waals surface area (Å²) in [5.74, 6) is 0.658. The molecule has 1 heterocycles. The second-order valence-electron chi connectivity index (χ2n) is 6.55. The Morgan fingerprint density at radius 3 is 2.78 bits per heavy atom. The number of carbonyl (C=O) groups is 1. The number of nitro benzene ring substituents is 1. The minimum atomic E-state index is -0.508. The lowest BCUT2D eigenvalue weighted by atomic mass is 9.85. The zero-order valence-electron chi connectivity index (χ0n) is 13.5. The summed E-state index contributed by atoms with van der Waals surface area (Å²) in [5.41, 5.74) is 0.209. The Bertz CT molecular complexity index is 631. The molecule has 6 nitrogen and oxygen atoms in total. The summed E-state index contributed by atoms with van der Waals surface area (Å²) in [6.07, 6.45) is 5.65. The fourth-order valence-corrected chi connectivity index (χ4v) is 4.17. The molecule has 2 aliphatic rings. The van der Waals surface area contributed by atoms with Crippen LogP contribution in [0.4, 0.5) is 5.69 Å². The van der Waals surface area contributed by atoms with Crippen molar-refractivity contribution in [1.29, 1.82) is 0 Å². The Hall–Kier alpha value is -2.11. The largest absolute Gasteiger partial charge is 0.490 e. The Morgan fingerprint density at radius 1 is 1.35 bits per heavy atom. The van der Waals surface area contributed by atoms with Crippen LogP contribution in [0, 0.1) is 16.0 Å². The molecule has 1 aliphatic carbocycles. The SMILES string of the molecule is COc1ccc(C(=O)N2C(C)CC3CCCCC32)cc1[N+](=O)[O-]. The molecule has 1 aromatic rings. The van der Waals surface area contributed by atoms with Gasteiger partial charge in [-0.15, -0.1) is 0 Å². The molecule has 124 valence electrons. The molecule has 1 saturated heterocycles. The molecule has 0 aromatic heterocycles. The van der Waals surface area contributed by atoms with E-state index in [0.29, 0.717) is 11.5 Å². The standard InChI is InChI=1S/C17H22N2O4/c1-11-9-12-5-3-4-6-14(12)18(11)17(20)13-7-8-16(23-2)15(10-13)19(21)22/h7-8,10-12,14H,3-6,9H2,1-2H3. The van der Waals surface area contributed by atoms with E-state index < -0.39 is 4.92 Å². The maximum absolute atomic E-state index is 12.9. The van der Waals surface area contributed by atoms with Crippen LogP contribution in [0.5, 0.6) is 5.75 Å². The van der Waals surface area contributed by atoms with Crippen molar-refractivity contribution in [1.82, 2.24) is 4.90 Å². The van der Waals surface area contributed by atoms with Crippen molar-refractivity contribution in [3.8, 4) is 5.75 Å². The number of rotatable bonds is 3. The van der Waals surface area contributed by atoms with Crippen LogP contribution in [0.2, 0.25) is 0 Å². The summed E-state index contributed by atoms with van der Waals surface area (Å²) < 4.78 is 5.01. The minimum Gasteiger partial charge on any atom is -0.490 e. The number of likely N-dealkylation sites (tertiary alicyclic amines) is 1. The van der Waals surface area contributed by atoms with Crippen molar-refractivity contribution in [2.75, 3.05) is 7.11 Å². The molecule has 0 radical (unpaired) electrons. The molecule has 23 heavy (non-hydrogen) atoms. The first-order chi connectivity index (χ1) is 11.0. The molecule has 1 aliphatic heterocycles. The molecular weight excluding hydrogens is 296 g/mol. The van der Waals surface area contributed by atoms with E-state index in [1.54, 1.807) is 6.07 Å². The van der Waals surface area contributed by atoms with Crippen LogP contribution in [-0.2, 0) is 0 Å². The number of nitro groups is 1. The van der Waals surface area contributed by atoms with E-state index >= 15 is 0 Å². The normalized spacial score (nSPS) is 26.7. The van der Waals surface area contributed by atoms with Crippen molar-refractivity contribution in [3.05, 3.63) is 33.9 Å².